The summed E-state index contributed by atoms with van der Waals surface area (Å²) in [6.07, 6.45) is 0. The molecule has 1 unspecified atom stereocenters. The normalized spacial score (nSPS) is 12.2. The van der Waals surface area contributed by atoms with Crippen molar-refractivity contribution in [1.29, 1.82) is 0 Å². The van der Waals surface area contributed by atoms with Crippen LogP contribution in [-0.4, -0.2) is 36.1 Å². The Morgan fingerprint density at radius 1 is 1.65 bits per heavy atom. The summed E-state index contributed by atoms with van der Waals surface area (Å²) >= 11 is 9.02. The number of nitrogens with one attached hydrogen (secondary N) is 1. The number of aromatic hydroxyl groups is 1. The number of halogens is 2. The molecule has 0 radical (unpaired) electrons. The lowest BCUT2D eigenvalue weighted by Gasteiger charge is -2.10. The Hall–Kier alpha value is -0.780. The zero-order valence-electron chi connectivity index (χ0n) is 9.24. The van der Waals surface area contributed by atoms with Crippen molar-refractivity contribution in [1.82, 2.24) is 5.32 Å². The van der Waals surface area contributed by atoms with Crippen molar-refractivity contribution >= 4 is 33.4 Å². The van der Waals surface area contributed by atoms with Gasteiger partial charge in [0.2, 0.25) is 0 Å². The van der Waals surface area contributed by atoms with Crippen LogP contribution in [0.25, 0.3) is 0 Å². The summed E-state index contributed by atoms with van der Waals surface area (Å²) in [7, 11) is 1.58. The molecule has 1 rings (SSSR count). The van der Waals surface area contributed by atoms with Gasteiger partial charge in [0.25, 0.3) is 5.91 Å². The number of ether oxygens (including phenoxy) is 1. The van der Waals surface area contributed by atoms with Crippen molar-refractivity contribution in [2.24, 2.45) is 0 Å². The predicted octanol–water partition coefficient (Wildman–Crippen LogP) is 2.19. The number of amides is 1. The molecular formula is C11H13BrClNO3. The molecule has 0 saturated heterocycles. The maximum Gasteiger partial charge on any atom is 0.255 e. The number of carbonyl (C=O) groups excluding carboxylic acids is 1. The minimum atomic E-state index is -0.347. The Morgan fingerprint density at radius 2 is 2.35 bits per heavy atom. The summed E-state index contributed by atoms with van der Waals surface area (Å²) < 4.78 is 4.92. The molecule has 1 atom stereocenters. The van der Waals surface area contributed by atoms with E-state index >= 15 is 0 Å². The minimum Gasteiger partial charge on any atom is -0.507 e. The number of phenolic OH excluding ortho intramolecular Hbond substituents is 1. The second kappa shape index (κ2) is 6.83. The van der Waals surface area contributed by atoms with Crippen LogP contribution in [0.2, 0.25) is 5.02 Å². The van der Waals surface area contributed by atoms with Gasteiger partial charge in [-0.25, -0.2) is 0 Å². The third-order valence-corrected chi connectivity index (χ3v) is 2.86. The largest absolute Gasteiger partial charge is 0.507 e. The van der Waals surface area contributed by atoms with E-state index in [0.717, 1.165) is 0 Å². The molecule has 0 fully saturated rings. The van der Waals surface area contributed by atoms with E-state index in [2.05, 4.69) is 21.2 Å². The zero-order chi connectivity index (χ0) is 12.8. The van der Waals surface area contributed by atoms with E-state index in [1.165, 1.54) is 12.1 Å². The zero-order valence-corrected chi connectivity index (χ0v) is 11.6. The number of hydrogen-bond donors (Lipinski definition) is 2. The number of alkyl halides is 1. The number of methoxy groups -OCH3 is 1. The maximum atomic E-state index is 11.7. The van der Waals surface area contributed by atoms with Crippen molar-refractivity contribution in [3.8, 4) is 5.75 Å². The number of rotatable bonds is 5. The highest BCUT2D eigenvalue weighted by Crippen LogP contribution is 2.21. The Balaban J connectivity index is 2.58. The van der Waals surface area contributed by atoms with Gasteiger partial charge in [-0.3, -0.25) is 4.79 Å². The number of benzene rings is 1. The van der Waals surface area contributed by atoms with Gasteiger partial charge in [-0.15, -0.1) is 0 Å². The molecule has 0 saturated carbocycles. The second-order valence-corrected chi connectivity index (χ2v) is 5.16. The van der Waals surface area contributed by atoms with Gasteiger partial charge in [0.1, 0.15) is 5.75 Å². The Labute approximate surface area is 113 Å². The lowest BCUT2D eigenvalue weighted by Crippen LogP contribution is -2.31. The van der Waals surface area contributed by atoms with Gasteiger partial charge in [-0.05, 0) is 18.2 Å². The summed E-state index contributed by atoms with van der Waals surface area (Å²) in [6, 6.07) is 4.36. The average molecular weight is 323 g/mol. The summed E-state index contributed by atoms with van der Waals surface area (Å²) in [5.74, 6) is -0.479. The molecule has 0 heterocycles. The van der Waals surface area contributed by atoms with E-state index in [-0.39, 0.29) is 22.0 Å². The van der Waals surface area contributed by atoms with Crippen LogP contribution in [0, 0.1) is 0 Å². The Kier molecular flexibility index (Phi) is 5.74. The third kappa shape index (κ3) is 4.53. The monoisotopic (exact) mass is 321 g/mol. The first-order valence-electron chi connectivity index (χ1n) is 4.94. The number of phenols is 1. The highest BCUT2D eigenvalue weighted by molar-refractivity contribution is 9.09. The summed E-state index contributed by atoms with van der Waals surface area (Å²) in [6.45, 7) is 0.904. The van der Waals surface area contributed by atoms with Gasteiger partial charge in [0.05, 0.1) is 17.0 Å². The smallest absolute Gasteiger partial charge is 0.255 e. The van der Waals surface area contributed by atoms with E-state index < -0.39 is 0 Å². The van der Waals surface area contributed by atoms with E-state index in [4.69, 9.17) is 16.3 Å². The number of carbonyl (C=O) groups is 1. The topological polar surface area (TPSA) is 58.6 Å². The molecule has 1 amide bonds. The van der Waals surface area contributed by atoms with Crippen LogP contribution < -0.4 is 5.32 Å². The van der Waals surface area contributed by atoms with Crippen LogP contribution >= 0.6 is 27.5 Å². The van der Waals surface area contributed by atoms with Crippen molar-refractivity contribution < 1.29 is 14.6 Å². The summed E-state index contributed by atoms with van der Waals surface area (Å²) in [4.78, 5) is 11.7. The molecule has 0 aliphatic rings. The average Bonchev–Trinajstić information content (AvgIpc) is 2.26. The first-order valence-corrected chi connectivity index (χ1v) is 6.23. The van der Waals surface area contributed by atoms with Gasteiger partial charge in [-0.2, -0.15) is 0 Å². The summed E-state index contributed by atoms with van der Waals surface area (Å²) in [5.41, 5.74) is 0.200. The molecule has 2 N–H and O–H groups in total. The molecule has 17 heavy (non-hydrogen) atoms. The highest BCUT2D eigenvalue weighted by atomic mass is 79.9. The van der Waals surface area contributed by atoms with E-state index in [1.54, 1.807) is 13.2 Å². The Morgan fingerprint density at radius 3 is 2.94 bits per heavy atom. The van der Waals surface area contributed by atoms with Crippen LogP contribution in [0.5, 0.6) is 5.75 Å². The SMILES string of the molecule is COCC(Br)CNC(=O)c1ccc(Cl)cc1O. The molecule has 0 bridgehead atoms. The van der Waals surface area contributed by atoms with Gasteiger partial charge < -0.3 is 15.2 Å². The molecular weight excluding hydrogens is 309 g/mol. The quantitative estimate of drug-likeness (QED) is 0.817. The van der Waals surface area contributed by atoms with Crippen LogP contribution in [0.3, 0.4) is 0 Å². The van der Waals surface area contributed by atoms with Crippen LogP contribution in [0.1, 0.15) is 10.4 Å². The van der Waals surface area contributed by atoms with Crippen molar-refractivity contribution in [2.75, 3.05) is 20.3 Å². The van der Waals surface area contributed by atoms with E-state index in [9.17, 15) is 9.90 Å². The molecule has 4 nitrogen and oxygen atoms in total. The van der Waals surface area contributed by atoms with Gasteiger partial charge in [0.15, 0.2) is 0 Å². The lowest BCUT2D eigenvalue weighted by molar-refractivity contribution is 0.0947. The van der Waals surface area contributed by atoms with Crippen LogP contribution in [0.4, 0.5) is 0 Å². The maximum absolute atomic E-state index is 11.7. The Bertz CT molecular complexity index is 400. The molecule has 0 aliphatic heterocycles. The second-order valence-electron chi connectivity index (χ2n) is 3.42. The van der Waals surface area contributed by atoms with E-state index in [1.807, 2.05) is 0 Å². The van der Waals surface area contributed by atoms with Crippen molar-refractivity contribution in [3.05, 3.63) is 28.8 Å². The van der Waals surface area contributed by atoms with Crippen molar-refractivity contribution in [2.45, 2.75) is 4.83 Å². The van der Waals surface area contributed by atoms with Crippen LogP contribution in [0.15, 0.2) is 18.2 Å². The predicted molar refractivity (Wildman–Crippen MR) is 70.0 cm³/mol. The lowest BCUT2D eigenvalue weighted by atomic mass is 10.2. The first kappa shape index (κ1) is 14.3. The molecule has 94 valence electrons. The van der Waals surface area contributed by atoms with Gasteiger partial charge in [0, 0.05) is 18.7 Å². The first-order chi connectivity index (χ1) is 8.04. The standard InChI is InChI=1S/C11H13BrClNO3/c1-17-6-7(12)5-14-11(16)9-3-2-8(13)4-10(9)15/h2-4,7,15H,5-6H2,1H3,(H,14,16). The van der Waals surface area contributed by atoms with Crippen LogP contribution in [-0.2, 0) is 4.74 Å². The third-order valence-electron chi connectivity index (χ3n) is 2.04. The van der Waals surface area contributed by atoms with Gasteiger partial charge >= 0.3 is 0 Å². The van der Waals surface area contributed by atoms with Gasteiger partial charge in [-0.1, -0.05) is 27.5 Å². The molecule has 1 aromatic carbocycles. The fourth-order valence-corrected chi connectivity index (χ4v) is 1.83. The molecule has 1 aromatic rings. The molecule has 0 spiro atoms. The molecule has 6 heteroatoms. The number of hydrogen-bond acceptors (Lipinski definition) is 3. The minimum absolute atomic E-state index is 0.0332. The fraction of sp³-hybridized carbons (Fsp3) is 0.364. The van der Waals surface area contributed by atoms with Crippen molar-refractivity contribution in [3.63, 3.8) is 0 Å². The van der Waals surface area contributed by atoms with E-state index in [0.29, 0.717) is 18.2 Å². The molecule has 0 aromatic heterocycles. The summed E-state index contributed by atoms with van der Waals surface area (Å²) in [5, 5.41) is 12.6. The fourth-order valence-electron chi connectivity index (χ4n) is 1.24. The molecule has 0 aliphatic carbocycles. The highest BCUT2D eigenvalue weighted by Gasteiger charge is 2.12.